The van der Waals surface area contributed by atoms with Crippen molar-refractivity contribution in [1.29, 1.82) is 0 Å². The molecule has 3 N–H and O–H groups in total. The van der Waals surface area contributed by atoms with E-state index in [1.54, 1.807) is 18.2 Å². The summed E-state index contributed by atoms with van der Waals surface area (Å²) in [6.45, 7) is 11.5. The number of amides is 1. The summed E-state index contributed by atoms with van der Waals surface area (Å²) in [6, 6.07) is 14.5. The zero-order valence-electron chi connectivity index (χ0n) is 20.7. The van der Waals surface area contributed by atoms with Gasteiger partial charge in [0, 0.05) is 13.0 Å². The Kier molecular flexibility index (Phi) is 6.34. The van der Waals surface area contributed by atoms with E-state index in [1.165, 1.54) is 40.8 Å². The molecule has 0 saturated carbocycles. The molecule has 1 aliphatic rings. The van der Waals surface area contributed by atoms with E-state index >= 15 is 0 Å². The Labute approximate surface area is 201 Å². The molecule has 4 rings (SSSR count). The Bertz CT molecular complexity index is 1190. The Morgan fingerprint density at radius 1 is 1.00 bits per heavy atom. The Balaban J connectivity index is 1.45. The second-order valence-electron chi connectivity index (χ2n) is 10.9. The molecule has 2 aromatic carbocycles. The van der Waals surface area contributed by atoms with Crippen LogP contribution < -0.4 is 5.32 Å². The number of aliphatic hydroxyl groups is 1. The largest absolute Gasteiger partial charge is 0.508 e. The van der Waals surface area contributed by atoms with E-state index in [9.17, 15) is 15.0 Å². The maximum absolute atomic E-state index is 12.6. The highest BCUT2D eigenvalue weighted by Crippen LogP contribution is 2.46. The predicted molar refractivity (Wildman–Crippen MR) is 133 cm³/mol. The molecule has 1 aromatic heterocycles. The van der Waals surface area contributed by atoms with Gasteiger partial charge in [-0.05, 0) is 82.7 Å². The van der Waals surface area contributed by atoms with Crippen LogP contribution in [0.3, 0.4) is 0 Å². The first-order valence-electron chi connectivity index (χ1n) is 11.9. The lowest BCUT2D eigenvalue weighted by molar-refractivity contribution is 0.0887. The molecule has 180 valence electrons. The monoisotopic (exact) mass is 461 g/mol. The summed E-state index contributed by atoms with van der Waals surface area (Å²) < 4.78 is 5.87. The van der Waals surface area contributed by atoms with Crippen molar-refractivity contribution >= 4 is 5.91 Å². The van der Waals surface area contributed by atoms with Gasteiger partial charge in [0.2, 0.25) is 0 Å². The van der Waals surface area contributed by atoms with Crippen molar-refractivity contribution in [2.24, 2.45) is 0 Å². The lowest BCUT2D eigenvalue weighted by Crippen LogP contribution is -2.34. The molecule has 0 bridgehead atoms. The third-order valence-corrected chi connectivity index (χ3v) is 7.29. The average Bonchev–Trinajstić information content (AvgIpc) is 3.25. The van der Waals surface area contributed by atoms with Crippen LogP contribution in [-0.2, 0) is 17.3 Å². The van der Waals surface area contributed by atoms with Crippen LogP contribution >= 0.6 is 0 Å². The molecule has 1 unspecified atom stereocenters. The van der Waals surface area contributed by atoms with Crippen LogP contribution in [0.5, 0.6) is 5.75 Å². The number of aromatic hydroxyl groups is 1. The first kappa shape index (κ1) is 24.1. The van der Waals surface area contributed by atoms with Crippen molar-refractivity contribution in [2.75, 3.05) is 6.54 Å². The number of rotatable bonds is 6. The molecule has 0 spiro atoms. The smallest absolute Gasteiger partial charge is 0.287 e. The number of hydrogen-bond donors (Lipinski definition) is 3. The van der Waals surface area contributed by atoms with E-state index in [4.69, 9.17) is 4.42 Å². The summed E-state index contributed by atoms with van der Waals surface area (Å²) in [7, 11) is 0. The van der Waals surface area contributed by atoms with Crippen LogP contribution in [0.2, 0.25) is 0 Å². The number of benzene rings is 2. The van der Waals surface area contributed by atoms with Crippen LogP contribution in [0.25, 0.3) is 0 Å². The van der Waals surface area contributed by atoms with Gasteiger partial charge in [0.05, 0.1) is 6.10 Å². The molecule has 3 aromatic rings. The van der Waals surface area contributed by atoms with Gasteiger partial charge in [0.15, 0.2) is 5.76 Å². The number of fused-ring (bicyclic) bond motifs is 1. The molecule has 0 radical (unpaired) electrons. The fourth-order valence-electron chi connectivity index (χ4n) is 4.83. The number of hydrogen-bond acceptors (Lipinski definition) is 4. The summed E-state index contributed by atoms with van der Waals surface area (Å²) in [6.07, 6.45) is 2.10. The van der Waals surface area contributed by atoms with E-state index in [0.717, 1.165) is 12.2 Å². The van der Waals surface area contributed by atoms with Gasteiger partial charge in [-0.3, -0.25) is 4.79 Å². The van der Waals surface area contributed by atoms with E-state index < -0.39 is 6.10 Å². The number of aryl methyl sites for hydroxylation is 1. The van der Waals surface area contributed by atoms with E-state index in [0.29, 0.717) is 12.0 Å². The van der Waals surface area contributed by atoms with Gasteiger partial charge in [-0.2, -0.15) is 0 Å². The highest BCUT2D eigenvalue weighted by molar-refractivity contribution is 5.91. The molecule has 0 aliphatic heterocycles. The Morgan fingerprint density at radius 2 is 1.62 bits per heavy atom. The minimum atomic E-state index is -0.871. The first-order chi connectivity index (χ1) is 16.0. The predicted octanol–water partition coefficient (Wildman–Crippen LogP) is 5.70. The molecule has 1 heterocycles. The summed E-state index contributed by atoms with van der Waals surface area (Å²) in [5, 5.41) is 22.4. The topological polar surface area (TPSA) is 82.7 Å². The van der Waals surface area contributed by atoms with Crippen molar-refractivity contribution in [3.63, 3.8) is 0 Å². The van der Waals surface area contributed by atoms with Crippen LogP contribution in [0.15, 0.2) is 52.9 Å². The second kappa shape index (κ2) is 8.95. The summed E-state index contributed by atoms with van der Waals surface area (Å²) in [5.74, 6) is 0.726. The Hall–Kier alpha value is -3.05. The standard InChI is InChI=1S/C29H35NO4/c1-18-14-23-24(29(4,5)13-12-28(23,2)3)16-20(18)15-22-10-11-26(34-22)27(33)30-17-25(32)19-6-8-21(31)9-7-19/h6-11,14,16,25,31-32H,12-13,15,17H2,1-5H3,(H,30,33). The third-order valence-electron chi connectivity index (χ3n) is 7.29. The Morgan fingerprint density at radius 3 is 2.26 bits per heavy atom. The van der Waals surface area contributed by atoms with Crippen molar-refractivity contribution in [3.8, 4) is 5.75 Å². The van der Waals surface area contributed by atoms with Crippen molar-refractivity contribution in [2.45, 2.75) is 70.8 Å². The molecular formula is C29H35NO4. The number of carbonyl (C=O) groups excluding carboxylic acids is 1. The normalized spacial score (nSPS) is 17.1. The number of phenolic OH excluding ortho intramolecular Hbond substituents is 1. The minimum absolute atomic E-state index is 0.0500. The second-order valence-corrected chi connectivity index (χ2v) is 10.9. The van der Waals surface area contributed by atoms with Crippen LogP contribution in [0.4, 0.5) is 0 Å². The van der Waals surface area contributed by atoms with E-state index in [-0.39, 0.29) is 34.8 Å². The van der Waals surface area contributed by atoms with Gasteiger partial charge in [0.1, 0.15) is 11.5 Å². The summed E-state index contributed by atoms with van der Waals surface area (Å²) in [5.41, 5.74) is 6.24. The molecule has 1 atom stereocenters. The van der Waals surface area contributed by atoms with Gasteiger partial charge in [0.25, 0.3) is 5.91 Å². The van der Waals surface area contributed by atoms with Gasteiger partial charge >= 0.3 is 0 Å². The average molecular weight is 462 g/mol. The fourth-order valence-corrected chi connectivity index (χ4v) is 4.83. The number of furan rings is 1. The first-order valence-corrected chi connectivity index (χ1v) is 11.9. The molecule has 34 heavy (non-hydrogen) atoms. The maximum atomic E-state index is 12.6. The van der Waals surface area contributed by atoms with Crippen LogP contribution in [0, 0.1) is 6.92 Å². The summed E-state index contributed by atoms with van der Waals surface area (Å²) in [4.78, 5) is 12.6. The molecule has 1 amide bonds. The molecular weight excluding hydrogens is 426 g/mol. The number of aliphatic hydroxyl groups excluding tert-OH is 1. The molecule has 5 heteroatoms. The van der Waals surface area contributed by atoms with Crippen molar-refractivity contribution in [3.05, 3.63) is 87.9 Å². The number of nitrogens with one attached hydrogen (secondary N) is 1. The highest BCUT2D eigenvalue weighted by Gasteiger charge is 2.37. The zero-order chi connectivity index (χ0) is 24.7. The van der Waals surface area contributed by atoms with E-state index in [1.807, 2.05) is 6.07 Å². The van der Waals surface area contributed by atoms with Gasteiger partial charge in [-0.25, -0.2) is 0 Å². The minimum Gasteiger partial charge on any atom is -0.508 e. The highest BCUT2D eigenvalue weighted by atomic mass is 16.4. The molecule has 1 aliphatic carbocycles. The number of carbonyl (C=O) groups is 1. The summed E-state index contributed by atoms with van der Waals surface area (Å²) >= 11 is 0. The number of phenols is 1. The van der Waals surface area contributed by atoms with Gasteiger partial charge < -0.3 is 19.9 Å². The quantitative estimate of drug-likeness (QED) is 0.440. The molecule has 5 nitrogen and oxygen atoms in total. The fraction of sp³-hybridized carbons (Fsp3) is 0.414. The molecule has 0 fully saturated rings. The maximum Gasteiger partial charge on any atom is 0.287 e. The zero-order valence-corrected chi connectivity index (χ0v) is 20.7. The lowest BCUT2D eigenvalue weighted by Gasteiger charge is -2.42. The van der Waals surface area contributed by atoms with Crippen LogP contribution in [0.1, 0.15) is 90.8 Å². The van der Waals surface area contributed by atoms with Gasteiger partial charge in [-0.15, -0.1) is 0 Å². The van der Waals surface area contributed by atoms with Crippen molar-refractivity contribution in [1.82, 2.24) is 5.32 Å². The van der Waals surface area contributed by atoms with Crippen molar-refractivity contribution < 1.29 is 19.4 Å². The SMILES string of the molecule is Cc1cc2c(cc1Cc1ccc(C(=O)NCC(O)c3ccc(O)cc3)o1)C(C)(C)CCC2(C)C. The molecule has 0 saturated heterocycles. The van der Waals surface area contributed by atoms with E-state index in [2.05, 4.69) is 52.1 Å². The van der Waals surface area contributed by atoms with Gasteiger partial charge in [-0.1, -0.05) is 52.0 Å². The third kappa shape index (κ3) is 4.90. The lowest BCUT2D eigenvalue weighted by atomic mass is 9.62. The van der Waals surface area contributed by atoms with Crippen LogP contribution in [-0.4, -0.2) is 22.7 Å².